The van der Waals surface area contributed by atoms with Crippen LogP contribution in [0.3, 0.4) is 0 Å². The maximum atomic E-state index is 2.42. The summed E-state index contributed by atoms with van der Waals surface area (Å²) in [6.45, 7) is 0. The molecule has 8 rings (SSSR count). The first-order chi connectivity index (χ1) is 18.3. The summed E-state index contributed by atoms with van der Waals surface area (Å²) < 4.78 is 2.41. The van der Waals surface area contributed by atoms with Gasteiger partial charge in [0.1, 0.15) is 0 Å². The van der Waals surface area contributed by atoms with Gasteiger partial charge in [-0.1, -0.05) is 84.9 Å². The van der Waals surface area contributed by atoms with Crippen LogP contribution in [0.4, 0.5) is 11.4 Å². The highest BCUT2D eigenvalue weighted by Crippen LogP contribution is 2.49. The molecule has 0 saturated heterocycles. The third kappa shape index (κ3) is 2.87. The van der Waals surface area contributed by atoms with E-state index in [0.29, 0.717) is 0 Å². The van der Waals surface area contributed by atoms with E-state index in [0.717, 1.165) is 0 Å². The van der Waals surface area contributed by atoms with Crippen LogP contribution >= 0.6 is 0 Å². The molecule has 37 heavy (non-hydrogen) atoms. The normalized spacial score (nSPS) is 12.4. The minimum absolute atomic E-state index is 1.18. The number of benzene rings is 6. The van der Waals surface area contributed by atoms with Gasteiger partial charge in [-0.25, -0.2) is 0 Å². The second-order valence-corrected chi connectivity index (χ2v) is 9.90. The van der Waals surface area contributed by atoms with Crippen LogP contribution in [0, 0.1) is 0 Å². The molecule has 0 radical (unpaired) electrons. The molecule has 7 aromatic rings. The van der Waals surface area contributed by atoms with Crippen LogP contribution in [0.25, 0.3) is 60.5 Å². The Balaban J connectivity index is 1.51. The number of fused-ring (bicyclic) bond motifs is 5. The number of aromatic nitrogens is 1. The molecule has 0 aliphatic carbocycles. The highest BCUT2D eigenvalue weighted by atomic mass is 15.1. The maximum absolute atomic E-state index is 2.42. The monoisotopic (exact) mass is 472 g/mol. The standard InChI is InChI=1S/C35H24N2/c1-36-32-17-9-13-24-12-8-16-27(35(24)32)29-21-30-28-20-25(23-10-4-2-5-11-23)18-19-31(28)37(34(30)22-33(29)36)26-14-6-3-7-15-26/h2-22H,1H3. The molecule has 6 aromatic carbocycles. The van der Waals surface area contributed by atoms with Crippen LogP contribution in [-0.4, -0.2) is 11.6 Å². The molecule has 0 N–H and O–H groups in total. The van der Waals surface area contributed by atoms with Crippen LogP contribution in [-0.2, 0) is 0 Å². The lowest BCUT2D eigenvalue weighted by Crippen LogP contribution is -2.14. The van der Waals surface area contributed by atoms with Crippen molar-refractivity contribution < 1.29 is 0 Å². The molecule has 0 saturated carbocycles. The van der Waals surface area contributed by atoms with Gasteiger partial charge < -0.3 is 9.47 Å². The molecule has 0 atom stereocenters. The Labute approximate surface area is 215 Å². The fourth-order valence-electron chi connectivity index (χ4n) is 6.17. The number of rotatable bonds is 2. The molecule has 2 nitrogen and oxygen atoms in total. The van der Waals surface area contributed by atoms with Crippen molar-refractivity contribution in [3.8, 4) is 27.9 Å². The van der Waals surface area contributed by atoms with Crippen LogP contribution in [0.15, 0.2) is 127 Å². The SMILES string of the molecule is CN1c2cc3c(cc2-c2cccc4cccc1c24)c1cc(-c2ccccc2)ccc1n3-c1ccccc1. The Kier molecular flexibility index (Phi) is 4.18. The lowest BCUT2D eigenvalue weighted by molar-refractivity contribution is 1.17. The summed E-state index contributed by atoms with van der Waals surface area (Å²) in [5, 5.41) is 5.17. The molecule has 1 aliphatic heterocycles. The van der Waals surface area contributed by atoms with Gasteiger partial charge in [0.05, 0.1) is 16.7 Å². The van der Waals surface area contributed by atoms with Crippen molar-refractivity contribution in [2.45, 2.75) is 0 Å². The topological polar surface area (TPSA) is 8.17 Å². The van der Waals surface area contributed by atoms with Crippen molar-refractivity contribution in [1.82, 2.24) is 4.57 Å². The molecular weight excluding hydrogens is 448 g/mol. The minimum atomic E-state index is 1.18. The maximum Gasteiger partial charge on any atom is 0.0562 e. The quantitative estimate of drug-likeness (QED) is 0.243. The first-order valence-electron chi connectivity index (χ1n) is 12.8. The fourth-order valence-corrected chi connectivity index (χ4v) is 6.17. The van der Waals surface area contributed by atoms with Gasteiger partial charge in [0.15, 0.2) is 0 Å². The van der Waals surface area contributed by atoms with E-state index in [9.17, 15) is 0 Å². The Morgan fingerprint density at radius 3 is 2.03 bits per heavy atom. The van der Waals surface area contributed by atoms with Gasteiger partial charge in [0, 0.05) is 40.1 Å². The van der Waals surface area contributed by atoms with Crippen molar-refractivity contribution in [3.63, 3.8) is 0 Å². The van der Waals surface area contributed by atoms with E-state index in [1.54, 1.807) is 0 Å². The smallest absolute Gasteiger partial charge is 0.0562 e. The van der Waals surface area contributed by atoms with Gasteiger partial charge in [-0.2, -0.15) is 0 Å². The van der Waals surface area contributed by atoms with Crippen molar-refractivity contribution in [3.05, 3.63) is 127 Å². The van der Waals surface area contributed by atoms with Crippen molar-refractivity contribution in [2.24, 2.45) is 0 Å². The summed E-state index contributed by atoms with van der Waals surface area (Å²) in [6.07, 6.45) is 0. The van der Waals surface area contributed by atoms with E-state index < -0.39 is 0 Å². The number of anilines is 2. The van der Waals surface area contributed by atoms with Gasteiger partial charge in [0.25, 0.3) is 0 Å². The van der Waals surface area contributed by atoms with Crippen molar-refractivity contribution in [2.75, 3.05) is 11.9 Å². The lowest BCUT2D eigenvalue weighted by atomic mass is 9.90. The average Bonchev–Trinajstić information content (AvgIpc) is 3.28. The first-order valence-corrected chi connectivity index (χ1v) is 12.8. The highest BCUT2D eigenvalue weighted by molar-refractivity contribution is 6.18. The van der Waals surface area contributed by atoms with E-state index in [-0.39, 0.29) is 0 Å². The number of hydrogen-bond acceptors (Lipinski definition) is 1. The predicted molar refractivity (Wildman–Crippen MR) is 157 cm³/mol. The largest absolute Gasteiger partial charge is 0.344 e. The second kappa shape index (κ2) is 7.59. The zero-order chi connectivity index (χ0) is 24.5. The zero-order valence-corrected chi connectivity index (χ0v) is 20.5. The Morgan fingerprint density at radius 2 is 1.22 bits per heavy atom. The molecule has 0 amide bonds. The van der Waals surface area contributed by atoms with Crippen LogP contribution in [0.5, 0.6) is 0 Å². The average molecular weight is 473 g/mol. The van der Waals surface area contributed by atoms with Gasteiger partial charge in [-0.3, -0.25) is 0 Å². The summed E-state index contributed by atoms with van der Waals surface area (Å²) in [4.78, 5) is 2.35. The fraction of sp³-hybridized carbons (Fsp3) is 0.0286. The van der Waals surface area contributed by atoms with E-state index in [1.165, 1.54) is 71.9 Å². The summed E-state index contributed by atoms with van der Waals surface area (Å²) in [5.74, 6) is 0. The molecule has 1 aromatic heterocycles. The summed E-state index contributed by atoms with van der Waals surface area (Å²) in [7, 11) is 2.19. The molecule has 0 unspecified atom stereocenters. The lowest BCUT2D eigenvalue weighted by Gasteiger charge is -2.30. The zero-order valence-electron chi connectivity index (χ0n) is 20.5. The van der Waals surface area contributed by atoms with Crippen molar-refractivity contribution >= 4 is 44.0 Å². The van der Waals surface area contributed by atoms with Gasteiger partial charge in [0.2, 0.25) is 0 Å². The van der Waals surface area contributed by atoms with Gasteiger partial charge in [-0.05, 0) is 64.5 Å². The molecule has 2 heterocycles. The summed E-state index contributed by atoms with van der Waals surface area (Å²) in [5.41, 5.74) is 11.2. The number of nitrogens with zero attached hydrogens (tertiary/aromatic N) is 2. The third-order valence-corrected chi connectivity index (χ3v) is 7.90. The molecular formula is C35H24N2. The van der Waals surface area contributed by atoms with Gasteiger partial charge >= 0.3 is 0 Å². The number of hydrogen-bond donors (Lipinski definition) is 0. The van der Waals surface area contributed by atoms with E-state index in [4.69, 9.17) is 0 Å². The number of para-hydroxylation sites is 1. The van der Waals surface area contributed by atoms with Gasteiger partial charge in [-0.15, -0.1) is 0 Å². The van der Waals surface area contributed by atoms with E-state index in [1.807, 2.05) is 0 Å². The summed E-state index contributed by atoms with van der Waals surface area (Å²) in [6, 6.07) is 46.3. The molecule has 2 heteroatoms. The molecule has 0 fully saturated rings. The summed E-state index contributed by atoms with van der Waals surface area (Å²) >= 11 is 0. The first kappa shape index (κ1) is 20.4. The highest BCUT2D eigenvalue weighted by Gasteiger charge is 2.25. The molecule has 174 valence electrons. The Morgan fingerprint density at radius 1 is 0.486 bits per heavy atom. The van der Waals surface area contributed by atoms with Crippen molar-refractivity contribution in [1.29, 1.82) is 0 Å². The Hall–Kier alpha value is -4.82. The van der Waals surface area contributed by atoms with Crippen LogP contribution in [0.2, 0.25) is 0 Å². The third-order valence-electron chi connectivity index (χ3n) is 7.90. The molecule has 1 aliphatic rings. The van der Waals surface area contributed by atoms with Crippen LogP contribution in [0.1, 0.15) is 0 Å². The van der Waals surface area contributed by atoms with Crippen LogP contribution < -0.4 is 4.90 Å². The molecule has 0 bridgehead atoms. The molecule has 0 spiro atoms. The van der Waals surface area contributed by atoms with E-state index >= 15 is 0 Å². The van der Waals surface area contributed by atoms with E-state index in [2.05, 4.69) is 144 Å². The minimum Gasteiger partial charge on any atom is -0.344 e. The second-order valence-electron chi connectivity index (χ2n) is 9.90. The Bertz CT molecular complexity index is 1980. The predicted octanol–water partition coefficient (Wildman–Crippen LogP) is 9.35.